The molecule has 0 saturated carbocycles. The van der Waals surface area contributed by atoms with Gasteiger partial charge in [0.1, 0.15) is 0 Å². The molecule has 0 aliphatic carbocycles. The molecular weight excluding hydrogens is 270 g/mol. The normalized spacial score (nSPS) is 14.2. The van der Waals surface area contributed by atoms with E-state index < -0.39 is 23.4 Å². The van der Waals surface area contributed by atoms with Gasteiger partial charge in [-0.15, -0.1) is 0 Å². The average molecular weight is 290 g/mol. The number of carbonyl (C=O) groups is 1. The summed E-state index contributed by atoms with van der Waals surface area (Å²) in [6, 6.07) is 0. The van der Waals surface area contributed by atoms with Gasteiger partial charge in [-0.05, 0) is 6.92 Å². The minimum atomic E-state index is -4.01. The molecular formula is C13H20F2N2O3. The molecule has 1 unspecified atom stereocenters. The summed E-state index contributed by atoms with van der Waals surface area (Å²) >= 11 is 0. The fraction of sp³-hybridized carbons (Fsp3) is 0.692. The van der Waals surface area contributed by atoms with Gasteiger partial charge in [0.05, 0.1) is 12.3 Å². The molecule has 0 aliphatic rings. The van der Waals surface area contributed by atoms with Crippen LogP contribution in [0.5, 0.6) is 0 Å². The van der Waals surface area contributed by atoms with Crippen molar-refractivity contribution in [2.24, 2.45) is 7.05 Å². The minimum Gasteiger partial charge on any atom is -0.461 e. The third kappa shape index (κ3) is 3.15. The molecule has 1 aromatic heterocycles. The molecule has 0 radical (unpaired) electrons. The smallest absolute Gasteiger partial charge is 0.380 e. The number of aliphatic hydroxyl groups excluding tert-OH is 1. The molecule has 1 rings (SSSR count). The number of halogens is 2. The Labute approximate surface area is 116 Å². The Morgan fingerprint density at radius 1 is 1.50 bits per heavy atom. The molecule has 1 atom stereocenters. The standard InChI is InChI=1S/C13H20F2N2O3/c1-6-20-11(19)13(14,15)10(18)8-7-17(5)16-9(8)12(2,3)4/h7,10,18H,6H2,1-5H3. The first kappa shape index (κ1) is 16.6. The highest BCUT2D eigenvalue weighted by atomic mass is 19.3. The highest BCUT2D eigenvalue weighted by molar-refractivity contribution is 5.78. The largest absolute Gasteiger partial charge is 0.461 e. The molecule has 1 aromatic rings. The fourth-order valence-electron chi connectivity index (χ4n) is 1.82. The zero-order valence-corrected chi connectivity index (χ0v) is 12.3. The molecule has 0 bridgehead atoms. The summed E-state index contributed by atoms with van der Waals surface area (Å²) in [4.78, 5) is 11.3. The Morgan fingerprint density at radius 3 is 2.50 bits per heavy atom. The number of esters is 1. The van der Waals surface area contributed by atoms with E-state index in [1.165, 1.54) is 17.8 Å². The lowest BCUT2D eigenvalue weighted by Crippen LogP contribution is -2.38. The van der Waals surface area contributed by atoms with Crippen molar-refractivity contribution in [3.63, 3.8) is 0 Å². The number of carbonyl (C=O) groups excluding carboxylic acids is 1. The first-order valence-electron chi connectivity index (χ1n) is 6.29. The number of hydrogen-bond acceptors (Lipinski definition) is 4. The topological polar surface area (TPSA) is 64.3 Å². The van der Waals surface area contributed by atoms with Crippen molar-refractivity contribution in [2.75, 3.05) is 6.61 Å². The maximum absolute atomic E-state index is 13.9. The van der Waals surface area contributed by atoms with E-state index in [0.29, 0.717) is 5.69 Å². The van der Waals surface area contributed by atoms with Gasteiger partial charge < -0.3 is 9.84 Å². The molecule has 0 aromatic carbocycles. The molecule has 7 heteroatoms. The van der Waals surface area contributed by atoms with Gasteiger partial charge in [-0.3, -0.25) is 4.68 Å². The number of aliphatic hydroxyl groups is 1. The predicted octanol–water partition coefficient (Wildman–Crippen LogP) is 1.95. The van der Waals surface area contributed by atoms with E-state index in [1.54, 1.807) is 27.8 Å². The average Bonchev–Trinajstić information content (AvgIpc) is 2.70. The molecule has 114 valence electrons. The number of alkyl halides is 2. The van der Waals surface area contributed by atoms with Crippen LogP contribution in [0.3, 0.4) is 0 Å². The minimum absolute atomic E-state index is 0.0712. The third-order valence-corrected chi connectivity index (χ3v) is 2.75. The van der Waals surface area contributed by atoms with Crippen LogP contribution < -0.4 is 0 Å². The zero-order chi connectivity index (χ0) is 15.7. The fourth-order valence-corrected chi connectivity index (χ4v) is 1.82. The monoisotopic (exact) mass is 290 g/mol. The van der Waals surface area contributed by atoms with Gasteiger partial charge in [-0.25, -0.2) is 4.79 Å². The van der Waals surface area contributed by atoms with Gasteiger partial charge in [0.2, 0.25) is 0 Å². The Kier molecular flexibility index (Phi) is 4.53. The second-order valence-corrected chi connectivity index (χ2v) is 5.60. The highest BCUT2D eigenvalue weighted by Crippen LogP contribution is 2.37. The molecule has 1 heterocycles. The highest BCUT2D eigenvalue weighted by Gasteiger charge is 2.50. The van der Waals surface area contributed by atoms with Crippen LogP contribution in [0.1, 0.15) is 45.1 Å². The van der Waals surface area contributed by atoms with Crippen LogP contribution in [0, 0.1) is 0 Å². The molecule has 1 N–H and O–H groups in total. The van der Waals surface area contributed by atoms with Crippen molar-refractivity contribution < 1.29 is 23.4 Å². The molecule has 0 saturated heterocycles. The van der Waals surface area contributed by atoms with Crippen LogP contribution in [0.25, 0.3) is 0 Å². The van der Waals surface area contributed by atoms with Crippen molar-refractivity contribution in [2.45, 2.75) is 45.1 Å². The van der Waals surface area contributed by atoms with Crippen LogP contribution in [-0.2, 0) is 22.0 Å². The van der Waals surface area contributed by atoms with Gasteiger partial charge in [-0.2, -0.15) is 13.9 Å². The van der Waals surface area contributed by atoms with Crippen LogP contribution in [-0.4, -0.2) is 33.4 Å². The Morgan fingerprint density at radius 2 is 2.05 bits per heavy atom. The Hall–Kier alpha value is -1.50. The number of aromatic nitrogens is 2. The van der Waals surface area contributed by atoms with Gasteiger partial charge in [-0.1, -0.05) is 20.8 Å². The summed E-state index contributed by atoms with van der Waals surface area (Å²) in [5.74, 6) is -5.75. The van der Waals surface area contributed by atoms with Gasteiger partial charge in [0, 0.05) is 24.2 Å². The first-order chi connectivity index (χ1) is 9.01. The Bertz CT molecular complexity index is 492. The first-order valence-corrected chi connectivity index (χ1v) is 6.29. The SMILES string of the molecule is CCOC(=O)C(F)(F)C(O)c1cn(C)nc1C(C)(C)C. The van der Waals surface area contributed by atoms with Crippen molar-refractivity contribution in [3.8, 4) is 0 Å². The number of ether oxygens (including phenoxy) is 1. The summed E-state index contributed by atoms with van der Waals surface area (Å²) in [6.45, 7) is 6.60. The second-order valence-electron chi connectivity index (χ2n) is 5.60. The van der Waals surface area contributed by atoms with Crippen molar-refractivity contribution >= 4 is 5.97 Å². The van der Waals surface area contributed by atoms with Crippen molar-refractivity contribution in [1.82, 2.24) is 9.78 Å². The van der Waals surface area contributed by atoms with Crippen molar-refractivity contribution in [1.29, 1.82) is 0 Å². The van der Waals surface area contributed by atoms with E-state index in [-0.39, 0.29) is 12.2 Å². The molecule has 0 amide bonds. The predicted molar refractivity (Wildman–Crippen MR) is 68.4 cm³/mol. The summed E-state index contributed by atoms with van der Waals surface area (Å²) in [7, 11) is 1.56. The Balaban J connectivity index is 3.21. The number of nitrogens with zero attached hydrogens (tertiary/aromatic N) is 2. The summed E-state index contributed by atoms with van der Waals surface area (Å²) in [5, 5.41) is 14.0. The van der Waals surface area contributed by atoms with E-state index in [4.69, 9.17) is 0 Å². The van der Waals surface area contributed by atoms with E-state index >= 15 is 0 Å². The maximum Gasteiger partial charge on any atom is 0.380 e. The van der Waals surface area contributed by atoms with E-state index in [2.05, 4.69) is 9.84 Å². The van der Waals surface area contributed by atoms with Gasteiger partial charge in [0.25, 0.3) is 0 Å². The molecule has 0 fully saturated rings. The molecule has 5 nitrogen and oxygen atoms in total. The van der Waals surface area contributed by atoms with Gasteiger partial charge >= 0.3 is 11.9 Å². The number of aryl methyl sites for hydroxylation is 1. The maximum atomic E-state index is 13.9. The van der Waals surface area contributed by atoms with Crippen LogP contribution in [0.2, 0.25) is 0 Å². The summed E-state index contributed by atoms with van der Waals surface area (Å²) in [6.07, 6.45) is -0.997. The molecule has 20 heavy (non-hydrogen) atoms. The number of rotatable bonds is 4. The van der Waals surface area contributed by atoms with E-state index in [9.17, 15) is 18.7 Å². The lowest BCUT2D eigenvalue weighted by Gasteiger charge is -2.24. The van der Waals surface area contributed by atoms with Crippen LogP contribution in [0.15, 0.2) is 6.20 Å². The summed E-state index contributed by atoms with van der Waals surface area (Å²) < 4.78 is 33.4. The second kappa shape index (κ2) is 5.47. The van der Waals surface area contributed by atoms with Crippen LogP contribution in [0.4, 0.5) is 8.78 Å². The lowest BCUT2D eigenvalue weighted by atomic mass is 9.87. The zero-order valence-electron chi connectivity index (χ0n) is 12.3. The number of hydrogen-bond donors (Lipinski definition) is 1. The molecule has 0 aliphatic heterocycles. The third-order valence-electron chi connectivity index (χ3n) is 2.75. The van der Waals surface area contributed by atoms with E-state index in [1.807, 2.05) is 0 Å². The molecule has 0 spiro atoms. The van der Waals surface area contributed by atoms with Crippen LogP contribution >= 0.6 is 0 Å². The van der Waals surface area contributed by atoms with Gasteiger partial charge in [0.15, 0.2) is 6.10 Å². The van der Waals surface area contributed by atoms with E-state index in [0.717, 1.165) is 0 Å². The van der Waals surface area contributed by atoms with Crippen molar-refractivity contribution in [3.05, 3.63) is 17.5 Å². The quantitative estimate of drug-likeness (QED) is 0.861. The lowest BCUT2D eigenvalue weighted by molar-refractivity contribution is -0.189. The summed E-state index contributed by atoms with van der Waals surface area (Å²) in [5.41, 5.74) is -0.294.